The quantitative estimate of drug-likeness (QED) is 0.605. The van der Waals surface area contributed by atoms with Crippen molar-refractivity contribution < 1.29 is 22.7 Å². The van der Waals surface area contributed by atoms with Crippen LogP contribution in [-0.4, -0.2) is 32.9 Å². The molecule has 0 heterocycles. The van der Waals surface area contributed by atoms with Crippen molar-refractivity contribution >= 4 is 27.6 Å². The van der Waals surface area contributed by atoms with Crippen LogP contribution in [0.1, 0.15) is 27.2 Å². The van der Waals surface area contributed by atoms with E-state index in [9.17, 15) is 18.0 Å². The molecule has 0 fully saturated rings. The third-order valence-electron chi connectivity index (χ3n) is 2.85. The molecule has 8 heteroatoms. The second-order valence-electron chi connectivity index (χ2n) is 4.63. The van der Waals surface area contributed by atoms with Crippen molar-refractivity contribution in [2.45, 2.75) is 38.1 Å². The average molecular weight is 328 g/mol. The molecule has 0 unspecified atom stereocenters. The smallest absolute Gasteiger partial charge is 0.397 e. The van der Waals surface area contributed by atoms with E-state index in [-0.39, 0.29) is 17.5 Å². The van der Waals surface area contributed by atoms with Gasteiger partial charge in [0.1, 0.15) is 0 Å². The van der Waals surface area contributed by atoms with Gasteiger partial charge in [0.25, 0.3) is 0 Å². The zero-order valence-corrected chi connectivity index (χ0v) is 13.6. The van der Waals surface area contributed by atoms with E-state index in [0.29, 0.717) is 12.1 Å². The molecule has 0 radical (unpaired) electrons. The molecule has 0 bridgehead atoms. The fourth-order valence-corrected chi connectivity index (χ4v) is 2.84. The standard InChI is InChI=1S/C14H20N2O5S/c1-4-10(3)16-22(19,20)12-8-6-11(7-9-12)15-13(17)14(18)21-5-2/h6-10,16H,4-5H2,1-3H3,(H,15,17)/t10-/m1/s1. The average Bonchev–Trinajstić information content (AvgIpc) is 2.47. The molecule has 0 aliphatic carbocycles. The molecule has 122 valence electrons. The Labute approximate surface area is 130 Å². The van der Waals surface area contributed by atoms with Crippen LogP contribution in [0.2, 0.25) is 0 Å². The summed E-state index contributed by atoms with van der Waals surface area (Å²) in [6.45, 7) is 5.34. The highest BCUT2D eigenvalue weighted by Crippen LogP contribution is 2.14. The number of sulfonamides is 1. The molecular formula is C14H20N2O5S. The minimum Gasteiger partial charge on any atom is -0.459 e. The van der Waals surface area contributed by atoms with Gasteiger partial charge in [-0.2, -0.15) is 0 Å². The number of esters is 1. The zero-order chi connectivity index (χ0) is 16.8. The first-order valence-corrected chi connectivity index (χ1v) is 8.39. The summed E-state index contributed by atoms with van der Waals surface area (Å²) in [6.07, 6.45) is 0.674. The van der Waals surface area contributed by atoms with Crippen LogP contribution in [0.3, 0.4) is 0 Å². The van der Waals surface area contributed by atoms with E-state index in [2.05, 4.69) is 14.8 Å². The number of hydrogen-bond acceptors (Lipinski definition) is 5. The fourth-order valence-electron chi connectivity index (χ4n) is 1.51. The van der Waals surface area contributed by atoms with E-state index in [1.807, 2.05) is 6.92 Å². The van der Waals surface area contributed by atoms with Crippen LogP contribution in [0.15, 0.2) is 29.2 Å². The second-order valence-corrected chi connectivity index (χ2v) is 6.34. The first kappa shape index (κ1) is 18.1. The van der Waals surface area contributed by atoms with Gasteiger partial charge in [0, 0.05) is 11.7 Å². The molecule has 0 aliphatic heterocycles. The molecule has 0 saturated heterocycles. The molecule has 0 spiro atoms. The summed E-state index contributed by atoms with van der Waals surface area (Å²) in [5.41, 5.74) is 0.306. The van der Waals surface area contributed by atoms with Crippen LogP contribution >= 0.6 is 0 Å². The highest BCUT2D eigenvalue weighted by atomic mass is 32.2. The Morgan fingerprint density at radius 1 is 1.18 bits per heavy atom. The Morgan fingerprint density at radius 2 is 1.77 bits per heavy atom. The Balaban J connectivity index is 2.79. The summed E-state index contributed by atoms with van der Waals surface area (Å²) >= 11 is 0. The normalized spacial score (nSPS) is 12.5. The van der Waals surface area contributed by atoms with Gasteiger partial charge < -0.3 is 10.1 Å². The predicted octanol–water partition coefficient (Wildman–Crippen LogP) is 1.26. The van der Waals surface area contributed by atoms with E-state index in [1.54, 1.807) is 13.8 Å². The number of amides is 1. The summed E-state index contributed by atoms with van der Waals surface area (Å²) in [7, 11) is -3.60. The van der Waals surface area contributed by atoms with Gasteiger partial charge in [0.05, 0.1) is 11.5 Å². The summed E-state index contributed by atoms with van der Waals surface area (Å²) in [6, 6.07) is 5.34. The van der Waals surface area contributed by atoms with Crippen molar-refractivity contribution in [2.75, 3.05) is 11.9 Å². The Bertz CT molecular complexity index is 625. The Hall–Kier alpha value is -1.93. The monoisotopic (exact) mass is 328 g/mol. The largest absolute Gasteiger partial charge is 0.459 e. The van der Waals surface area contributed by atoms with Gasteiger partial charge in [0.2, 0.25) is 10.0 Å². The molecule has 1 aromatic carbocycles. The van der Waals surface area contributed by atoms with Gasteiger partial charge in [-0.15, -0.1) is 0 Å². The van der Waals surface area contributed by atoms with Crippen LogP contribution in [0.4, 0.5) is 5.69 Å². The van der Waals surface area contributed by atoms with Crippen LogP contribution in [0.25, 0.3) is 0 Å². The summed E-state index contributed by atoms with van der Waals surface area (Å²) in [4.78, 5) is 22.7. The van der Waals surface area contributed by atoms with Crippen molar-refractivity contribution in [1.29, 1.82) is 0 Å². The van der Waals surface area contributed by atoms with Gasteiger partial charge >= 0.3 is 11.9 Å². The fraction of sp³-hybridized carbons (Fsp3) is 0.429. The maximum atomic E-state index is 12.1. The first-order valence-electron chi connectivity index (χ1n) is 6.90. The Kier molecular flexibility index (Phi) is 6.51. The van der Waals surface area contributed by atoms with Crippen LogP contribution in [0.5, 0.6) is 0 Å². The molecule has 1 aromatic rings. The van der Waals surface area contributed by atoms with Crippen molar-refractivity contribution in [1.82, 2.24) is 4.72 Å². The second kappa shape index (κ2) is 7.90. The number of nitrogens with one attached hydrogen (secondary N) is 2. The van der Waals surface area contributed by atoms with E-state index >= 15 is 0 Å². The lowest BCUT2D eigenvalue weighted by molar-refractivity contribution is -0.152. The van der Waals surface area contributed by atoms with E-state index in [4.69, 9.17) is 0 Å². The molecule has 1 rings (SSSR count). The first-order chi connectivity index (χ1) is 10.3. The molecule has 0 aliphatic rings. The zero-order valence-electron chi connectivity index (χ0n) is 12.8. The van der Waals surface area contributed by atoms with Crippen LogP contribution in [-0.2, 0) is 24.3 Å². The van der Waals surface area contributed by atoms with Gasteiger partial charge in [-0.1, -0.05) is 6.92 Å². The number of carbonyl (C=O) groups excluding carboxylic acids is 2. The lowest BCUT2D eigenvalue weighted by Crippen LogP contribution is -2.32. The van der Waals surface area contributed by atoms with Crippen molar-refractivity contribution in [2.24, 2.45) is 0 Å². The molecule has 2 N–H and O–H groups in total. The van der Waals surface area contributed by atoms with E-state index in [1.165, 1.54) is 24.3 Å². The number of anilines is 1. The summed E-state index contributed by atoms with van der Waals surface area (Å²) < 4.78 is 31.2. The van der Waals surface area contributed by atoms with Crippen LogP contribution in [0, 0.1) is 0 Å². The molecule has 22 heavy (non-hydrogen) atoms. The van der Waals surface area contributed by atoms with Gasteiger partial charge in [-0.05, 0) is 44.5 Å². The minimum atomic E-state index is -3.60. The van der Waals surface area contributed by atoms with Gasteiger partial charge in [0.15, 0.2) is 0 Å². The van der Waals surface area contributed by atoms with E-state index < -0.39 is 21.9 Å². The Morgan fingerprint density at radius 3 is 2.27 bits per heavy atom. The lowest BCUT2D eigenvalue weighted by Gasteiger charge is -2.12. The summed E-state index contributed by atoms with van der Waals surface area (Å²) in [5, 5.41) is 2.33. The summed E-state index contributed by atoms with van der Waals surface area (Å²) in [5.74, 6) is -1.90. The topological polar surface area (TPSA) is 102 Å². The maximum absolute atomic E-state index is 12.1. The third-order valence-corrected chi connectivity index (χ3v) is 4.46. The molecule has 1 amide bonds. The molecule has 7 nitrogen and oxygen atoms in total. The van der Waals surface area contributed by atoms with E-state index in [0.717, 1.165) is 0 Å². The third kappa shape index (κ3) is 5.12. The number of hydrogen-bond donors (Lipinski definition) is 2. The van der Waals surface area contributed by atoms with Crippen molar-refractivity contribution in [3.63, 3.8) is 0 Å². The molecular weight excluding hydrogens is 308 g/mol. The van der Waals surface area contributed by atoms with Crippen molar-refractivity contribution in [3.8, 4) is 0 Å². The van der Waals surface area contributed by atoms with Gasteiger partial charge in [-0.25, -0.2) is 17.9 Å². The van der Waals surface area contributed by atoms with Gasteiger partial charge in [-0.3, -0.25) is 4.79 Å². The number of carbonyl (C=O) groups is 2. The lowest BCUT2D eigenvalue weighted by atomic mass is 10.3. The highest BCUT2D eigenvalue weighted by molar-refractivity contribution is 7.89. The number of ether oxygens (including phenoxy) is 1. The predicted molar refractivity (Wildman–Crippen MR) is 81.8 cm³/mol. The van der Waals surface area contributed by atoms with Crippen LogP contribution < -0.4 is 10.0 Å². The van der Waals surface area contributed by atoms with Crippen molar-refractivity contribution in [3.05, 3.63) is 24.3 Å². The number of rotatable bonds is 6. The maximum Gasteiger partial charge on any atom is 0.397 e. The minimum absolute atomic E-state index is 0.0851. The number of benzene rings is 1. The highest BCUT2D eigenvalue weighted by Gasteiger charge is 2.18. The molecule has 1 atom stereocenters. The SMILES string of the molecule is CCOC(=O)C(=O)Nc1ccc(S(=O)(=O)N[C@H](C)CC)cc1. The molecule has 0 saturated carbocycles. The molecule has 0 aromatic heterocycles.